The number of fused-ring (bicyclic) bond motifs is 1. The molecule has 1 aliphatic rings. The molecule has 0 aliphatic carbocycles. The van der Waals surface area contributed by atoms with E-state index in [1.165, 1.54) is 5.56 Å². The minimum atomic E-state index is -0.565. The summed E-state index contributed by atoms with van der Waals surface area (Å²) in [5.74, 6) is 1.89. The molecule has 3 rings (SSSR count). The van der Waals surface area contributed by atoms with Crippen LogP contribution in [0.25, 0.3) is 0 Å². The third-order valence-electron chi connectivity index (χ3n) is 3.66. The molecule has 0 saturated carbocycles. The Morgan fingerprint density at radius 2 is 2.14 bits per heavy atom. The van der Waals surface area contributed by atoms with Crippen LogP contribution in [0.1, 0.15) is 30.1 Å². The van der Waals surface area contributed by atoms with Crippen LogP contribution in [-0.4, -0.2) is 18.3 Å². The predicted molar refractivity (Wildman–Crippen MR) is 84.9 cm³/mol. The van der Waals surface area contributed by atoms with Gasteiger partial charge in [0.15, 0.2) is 0 Å². The molecule has 1 unspecified atom stereocenters. The van der Waals surface area contributed by atoms with E-state index in [1.807, 2.05) is 36.4 Å². The van der Waals surface area contributed by atoms with E-state index >= 15 is 0 Å². The highest BCUT2D eigenvalue weighted by Gasteiger charge is 2.24. The van der Waals surface area contributed by atoms with E-state index < -0.39 is 6.10 Å². The van der Waals surface area contributed by atoms with Crippen LogP contribution < -0.4 is 9.47 Å². The molecule has 1 heterocycles. The Morgan fingerprint density at radius 1 is 1.33 bits per heavy atom. The van der Waals surface area contributed by atoms with Gasteiger partial charge in [-0.25, -0.2) is 0 Å². The topological polar surface area (TPSA) is 38.7 Å². The van der Waals surface area contributed by atoms with Crippen molar-refractivity contribution in [3.05, 3.63) is 58.1 Å². The van der Waals surface area contributed by atoms with E-state index in [0.29, 0.717) is 13.2 Å². The summed E-state index contributed by atoms with van der Waals surface area (Å²) < 4.78 is 12.5. The molecule has 0 spiro atoms. The lowest BCUT2D eigenvalue weighted by molar-refractivity contribution is 0.187. The van der Waals surface area contributed by atoms with E-state index in [0.717, 1.165) is 21.5 Å². The van der Waals surface area contributed by atoms with E-state index in [1.54, 1.807) is 6.92 Å². The number of benzene rings is 2. The van der Waals surface area contributed by atoms with Gasteiger partial charge in [-0.2, -0.15) is 0 Å². The highest BCUT2D eigenvalue weighted by Crippen LogP contribution is 2.35. The van der Waals surface area contributed by atoms with Gasteiger partial charge in [0.05, 0.1) is 25.2 Å². The lowest BCUT2D eigenvalue weighted by Crippen LogP contribution is -2.12. The second kappa shape index (κ2) is 6.08. The van der Waals surface area contributed by atoms with Crippen molar-refractivity contribution in [2.24, 2.45) is 0 Å². The zero-order valence-electron chi connectivity index (χ0n) is 11.8. The third kappa shape index (κ3) is 3.06. The van der Waals surface area contributed by atoms with Crippen molar-refractivity contribution in [2.45, 2.75) is 18.9 Å². The molecule has 0 aromatic heterocycles. The Morgan fingerprint density at radius 3 is 2.95 bits per heavy atom. The average Bonchev–Trinajstić information content (AvgIpc) is 2.89. The Hall–Kier alpha value is -1.52. The fourth-order valence-electron chi connectivity index (χ4n) is 2.53. The molecule has 0 saturated heterocycles. The maximum atomic E-state index is 9.85. The average molecular weight is 349 g/mol. The number of rotatable bonds is 4. The highest BCUT2D eigenvalue weighted by atomic mass is 79.9. The van der Waals surface area contributed by atoms with Crippen molar-refractivity contribution in [2.75, 3.05) is 13.2 Å². The number of aliphatic hydroxyl groups excluding tert-OH is 1. The first-order valence-electron chi connectivity index (χ1n) is 6.97. The van der Waals surface area contributed by atoms with Gasteiger partial charge in [-0.05, 0) is 31.2 Å². The van der Waals surface area contributed by atoms with E-state index in [4.69, 9.17) is 9.47 Å². The molecule has 110 valence electrons. The Kier molecular flexibility index (Phi) is 4.17. The number of ether oxygens (including phenoxy) is 2. The smallest absolute Gasteiger partial charge is 0.125 e. The lowest BCUT2D eigenvalue weighted by Gasteiger charge is -2.16. The second-order valence-corrected chi connectivity index (χ2v) is 6.13. The van der Waals surface area contributed by atoms with Gasteiger partial charge < -0.3 is 14.6 Å². The Balaban J connectivity index is 1.75. The van der Waals surface area contributed by atoms with Crippen molar-refractivity contribution in [3.8, 4) is 11.5 Å². The standard InChI is InChI=1S/C17H17BrO3/c1-11(19)15-8-13(18)6-7-17(15)21-10-12-9-20-16-5-3-2-4-14(12)16/h2-8,11-12,19H,9-10H2,1H3/t11-,12?/m1/s1. The van der Waals surface area contributed by atoms with Crippen molar-refractivity contribution < 1.29 is 14.6 Å². The van der Waals surface area contributed by atoms with Crippen molar-refractivity contribution in [3.63, 3.8) is 0 Å². The number of hydrogen-bond donors (Lipinski definition) is 1. The summed E-state index contributed by atoms with van der Waals surface area (Å²) in [6, 6.07) is 13.7. The van der Waals surface area contributed by atoms with Gasteiger partial charge >= 0.3 is 0 Å². The van der Waals surface area contributed by atoms with Gasteiger partial charge in [0.2, 0.25) is 0 Å². The van der Waals surface area contributed by atoms with Gasteiger partial charge in [-0.15, -0.1) is 0 Å². The summed E-state index contributed by atoms with van der Waals surface area (Å²) in [6.07, 6.45) is -0.565. The molecule has 1 N–H and O–H groups in total. The van der Waals surface area contributed by atoms with E-state index in [9.17, 15) is 5.11 Å². The van der Waals surface area contributed by atoms with E-state index in [2.05, 4.69) is 22.0 Å². The molecular weight excluding hydrogens is 332 g/mol. The highest BCUT2D eigenvalue weighted by molar-refractivity contribution is 9.10. The fourth-order valence-corrected chi connectivity index (χ4v) is 2.91. The van der Waals surface area contributed by atoms with Crippen LogP contribution in [0, 0.1) is 0 Å². The molecular formula is C17H17BrO3. The predicted octanol–water partition coefficient (Wildman–Crippen LogP) is 4.06. The normalized spacial score (nSPS) is 18.0. The van der Waals surface area contributed by atoms with Crippen LogP contribution in [0.4, 0.5) is 0 Å². The van der Waals surface area contributed by atoms with Crippen LogP contribution >= 0.6 is 15.9 Å². The monoisotopic (exact) mass is 348 g/mol. The number of aliphatic hydroxyl groups is 1. The minimum Gasteiger partial charge on any atom is -0.493 e. The summed E-state index contributed by atoms with van der Waals surface area (Å²) >= 11 is 3.42. The van der Waals surface area contributed by atoms with Gasteiger partial charge in [-0.3, -0.25) is 0 Å². The molecule has 1 aliphatic heterocycles. The summed E-state index contributed by atoms with van der Waals surface area (Å²) in [6.45, 7) is 2.92. The first-order chi connectivity index (χ1) is 10.1. The Bertz CT molecular complexity index is 640. The SMILES string of the molecule is C[C@@H](O)c1cc(Br)ccc1OCC1COc2ccccc21. The fraction of sp³-hybridized carbons (Fsp3) is 0.294. The summed E-state index contributed by atoms with van der Waals surface area (Å²) in [5.41, 5.74) is 1.98. The number of para-hydroxylation sites is 1. The maximum absolute atomic E-state index is 9.85. The quantitative estimate of drug-likeness (QED) is 0.905. The molecule has 0 fully saturated rings. The van der Waals surface area contributed by atoms with Crippen LogP contribution in [-0.2, 0) is 0 Å². The van der Waals surface area contributed by atoms with Gasteiger partial charge in [0, 0.05) is 15.6 Å². The molecule has 2 aromatic carbocycles. The van der Waals surface area contributed by atoms with Crippen LogP contribution in [0.5, 0.6) is 11.5 Å². The molecule has 0 radical (unpaired) electrons. The molecule has 3 nitrogen and oxygen atoms in total. The van der Waals surface area contributed by atoms with Crippen molar-refractivity contribution in [1.29, 1.82) is 0 Å². The van der Waals surface area contributed by atoms with Gasteiger partial charge in [-0.1, -0.05) is 34.1 Å². The van der Waals surface area contributed by atoms with Crippen molar-refractivity contribution >= 4 is 15.9 Å². The molecule has 0 bridgehead atoms. The van der Waals surface area contributed by atoms with Gasteiger partial charge in [0.1, 0.15) is 11.5 Å². The number of hydrogen-bond acceptors (Lipinski definition) is 3. The molecule has 2 atom stereocenters. The summed E-state index contributed by atoms with van der Waals surface area (Å²) in [5, 5.41) is 9.85. The lowest BCUT2D eigenvalue weighted by atomic mass is 10.0. The molecule has 0 amide bonds. The zero-order valence-corrected chi connectivity index (χ0v) is 13.3. The first kappa shape index (κ1) is 14.4. The largest absolute Gasteiger partial charge is 0.493 e. The Labute approximate surface area is 132 Å². The summed E-state index contributed by atoms with van der Waals surface area (Å²) in [7, 11) is 0. The first-order valence-corrected chi connectivity index (χ1v) is 7.76. The molecule has 4 heteroatoms. The maximum Gasteiger partial charge on any atom is 0.125 e. The third-order valence-corrected chi connectivity index (χ3v) is 4.15. The van der Waals surface area contributed by atoms with Crippen LogP contribution in [0.15, 0.2) is 46.9 Å². The molecule has 21 heavy (non-hydrogen) atoms. The van der Waals surface area contributed by atoms with E-state index in [-0.39, 0.29) is 5.92 Å². The second-order valence-electron chi connectivity index (χ2n) is 5.21. The summed E-state index contributed by atoms with van der Waals surface area (Å²) in [4.78, 5) is 0. The van der Waals surface area contributed by atoms with Crippen molar-refractivity contribution in [1.82, 2.24) is 0 Å². The van der Waals surface area contributed by atoms with Crippen LogP contribution in [0.2, 0.25) is 0 Å². The molecule has 2 aromatic rings. The number of halogens is 1. The van der Waals surface area contributed by atoms with Crippen LogP contribution in [0.3, 0.4) is 0 Å². The van der Waals surface area contributed by atoms with Gasteiger partial charge in [0.25, 0.3) is 0 Å². The minimum absolute atomic E-state index is 0.228. The zero-order chi connectivity index (χ0) is 14.8.